The molecule has 0 spiro atoms. The van der Waals surface area contributed by atoms with Crippen LogP contribution in [-0.2, 0) is 10.2 Å². The SMILES string of the molecule is CN(C)S(=O)(=O)Nc1cc(Cl)ccc1N. The third kappa shape index (κ3) is 2.98. The highest BCUT2D eigenvalue weighted by atomic mass is 35.5. The number of hydrogen-bond acceptors (Lipinski definition) is 3. The van der Waals surface area contributed by atoms with E-state index in [4.69, 9.17) is 17.3 Å². The summed E-state index contributed by atoms with van der Waals surface area (Å²) in [6.45, 7) is 0. The first-order valence-electron chi connectivity index (χ1n) is 4.08. The molecule has 0 aliphatic heterocycles. The maximum Gasteiger partial charge on any atom is 0.301 e. The molecule has 0 saturated heterocycles. The zero-order chi connectivity index (χ0) is 11.6. The molecule has 0 radical (unpaired) electrons. The molecule has 15 heavy (non-hydrogen) atoms. The van der Waals surface area contributed by atoms with E-state index in [1.54, 1.807) is 6.07 Å². The van der Waals surface area contributed by atoms with E-state index in [1.165, 1.54) is 26.2 Å². The van der Waals surface area contributed by atoms with Crippen LogP contribution in [0.2, 0.25) is 5.02 Å². The highest BCUT2D eigenvalue weighted by Gasteiger charge is 2.14. The zero-order valence-corrected chi connectivity index (χ0v) is 9.93. The van der Waals surface area contributed by atoms with Crippen LogP contribution in [0.1, 0.15) is 0 Å². The van der Waals surface area contributed by atoms with E-state index < -0.39 is 10.2 Å². The van der Waals surface area contributed by atoms with Crippen LogP contribution in [0.15, 0.2) is 18.2 Å². The van der Waals surface area contributed by atoms with Crippen LogP contribution in [0.5, 0.6) is 0 Å². The van der Waals surface area contributed by atoms with Crippen molar-refractivity contribution in [2.75, 3.05) is 24.6 Å². The minimum atomic E-state index is -3.55. The Morgan fingerprint density at radius 3 is 2.53 bits per heavy atom. The minimum absolute atomic E-state index is 0.274. The molecule has 0 aliphatic carbocycles. The van der Waals surface area contributed by atoms with Gasteiger partial charge < -0.3 is 5.73 Å². The van der Waals surface area contributed by atoms with Gasteiger partial charge in [0.15, 0.2) is 0 Å². The molecule has 0 amide bonds. The van der Waals surface area contributed by atoms with E-state index in [9.17, 15) is 8.42 Å². The van der Waals surface area contributed by atoms with Crippen molar-refractivity contribution in [2.45, 2.75) is 0 Å². The van der Waals surface area contributed by atoms with Gasteiger partial charge in [0, 0.05) is 19.1 Å². The lowest BCUT2D eigenvalue weighted by molar-refractivity contribution is 0.527. The van der Waals surface area contributed by atoms with Crippen molar-refractivity contribution < 1.29 is 8.42 Å². The van der Waals surface area contributed by atoms with Crippen molar-refractivity contribution in [1.29, 1.82) is 0 Å². The van der Waals surface area contributed by atoms with Crippen molar-refractivity contribution >= 4 is 33.2 Å². The Balaban J connectivity index is 3.05. The van der Waals surface area contributed by atoms with Crippen LogP contribution in [0, 0.1) is 0 Å². The molecule has 0 aromatic heterocycles. The number of halogens is 1. The Hall–Kier alpha value is -0.980. The fourth-order valence-electron chi connectivity index (χ4n) is 0.847. The summed E-state index contributed by atoms with van der Waals surface area (Å²) in [7, 11) is -0.706. The largest absolute Gasteiger partial charge is 0.397 e. The van der Waals surface area contributed by atoms with Gasteiger partial charge in [-0.15, -0.1) is 0 Å². The second kappa shape index (κ2) is 4.26. The van der Waals surface area contributed by atoms with Crippen LogP contribution in [-0.4, -0.2) is 26.8 Å². The number of anilines is 2. The van der Waals surface area contributed by atoms with Crippen molar-refractivity contribution in [3.8, 4) is 0 Å². The molecule has 3 N–H and O–H groups in total. The number of hydrogen-bond donors (Lipinski definition) is 2. The maximum atomic E-state index is 11.5. The summed E-state index contributed by atoms with van der Waals surface area (Å²) < 4.78 is 26.3. The predicted octanol–water partition coefficient (Wildman–Crippen LogP) is 1.14. The Bertz CT molecular complexity index is 459. The van der Waals surface area contributed by atoms with Gasteiger partial charge in [-0.25, -0.2) is 0 Å². The summed E-state index contributed by atoms with van der Waals surface area (Å²) in [6, 6.07) is 4.58. The van der Waals surface area contributed by atoms with Crippen LogP contribution in [0.3, 0.4) is 0 Å². The number of benzene rings is 1. The first-order valence-corrected chi connectivity index (χ1v) is 5.90. The molecular weight excluding hydrogens is 238 g/mol. The Morgan fingerprint density at radius 2 is 2.00 bits per heavy atom. The van der Waals surface area contributed by atoms with E-state index in [0.717, 1.165) is 4.31 Å². The average Bonchev–Trinajstić information content (AvgIpc) is 2.10. The molecule has 5 nitrogen and oxygen atoms in total. The summed E-state index contributed by atoms with van der Waals surface area (Å²) in [4.78, 5) is 0. The second-order valence-corrected chi connectivity index (χ2v) is 5.44. The van der Waals surface area contributed by atoms with Gasteiger partial charge >= 0.3 is 10.2 Å². The first-order chi connectivity index (χ1) is 6.83. The molecule has 1 rings (SSSR count). The van der Waals surface area contributed by atoms with Crippen LogP contribution in [0.4, 0.5) is 11.4 Å². The molecule has 84 valence electrons. The summed E-state index contributed by atoms with van der Waals surface area (Å²) >= 11 is 5.72. The lowest BCUT2D eigenvalue weighted by Gasteiger charge is -2.14. The number of nitrogens with two attached hydrogens (primary N) is 1. The summed E-state index contributed by atoms with van der Waals surface area (Å²) in [5, 5.41) is 0.417. The van der Waals surface area contributed by atoms with Crippen LogP contribution in [0.25, 0.3) is 0 Å². The number of nitrogens with zero attached hydrogens (tertiary/aromatic N) is 1. The quantitative estimate of drug-likeness (QED) is 0.789. The molecule has 7 heteroatoms. The van der Waals surface area contributed by atoms with Crippen molar-refractivity contribution in [1.82, 2.24) is 4.31 Å². The van der Waals surface area contributed by atoms with E-state index >= 15 is 0 Å². The standard InChI is InChI=1S/C8H12ClN3O2S/c1-12(2)15(13,14)11-8-5-6(9)3-4-7(8)10/h3-5,11H,10H2,1-2H3. The molecular formula is C8H12ClN3O2S. The van der Waals surface area contributed by atoms with E-state index in [0.29, 0.717) is 10.7 Å². The number of rotatable bonds is 3. The van der Waals surface area contributed by atoms with Crippen molar-refractivity contribution in [3.63, 3.8) is 0 Å². The smallest absolute Gasteiger partial charge is 0.301 e. The van der Waals surface area contributed by atoms with Crippen LogP contribution >= 0.6 is 11.6 Å². The van der Waals surface area contributed by atoms with Gasteiger partial charge in [-0.1, -0.05) is 11.6 Å². The lowest BCUT2D eigenvalue weighted by Crippen LogP contribution is -2.29. The topological polar surface area (TPSA) is 75.4 Å². The highest BCUT2D eigenvalue weighted by molar-refractivity contribution is 7.90. The average molecular weight is 250 g/mol. The molecule has 1 aromatic rings. The first kappa shape index (κ1) is 12.1. The fourth-order valence-corrected chi connectivity index (χ4v) is 1.66. The summed E-state index contributed by atoms with van der Waals surface area (Å²) in [5.41, 5.74) is 6.19. The monoisotopic (exact) mass is 249 g/mol. The molecule has 1 aromatic carbocycles. The van der Waals surface area contributed by atoms with Crippen molar-refractivity contribution in [3.05, 3.63) is 23.2 Å². The third-order valence-corrected chi connectivity index (χ3v) is 3.41. The molecule has 0 aliphatic rings. The van der Waals surface area contributed by atoms with Gasteiger partial charge in [-0.2, -0.15) is 12.7 Å². The maximum absolute atomic E-state index is 11.5. The summed E-state index contributed by atoms with van der Waals surface area (Å²) in [5.74, 6) is 0. The molecule has 0 fully saturated rings. The predicted molar refractivity (Wildman–Crippen MR) is 62.1 cm³/mol. The highest BCUT2D eigenvalue weighted by Crippen LogP contribution is 2.24. The van der Waals surface area contributed by atoms with E-state index in [1.807, 2.05) is 0 Å². The molecule has 0 bridgehead atoms. The van der Waals surface area contributed by atoms with E-state index in [-0.39, 0.29) is 5.69 Å². The van der Waals surface area contributed by atoms with Gasteiger partial charge in [0.1, 0.15) is 0 Å². The summed E-state index contributed by atoms with van der Waals surface area (Å²) in [6.07, 6.45) is 0. The molecule has 0 unspecified atom stereocenters. The van der Waals surface area contributed by atoms with Gasteiger partial charge in [-0.05, 0) is 18.2 Å². The lowest BCUT2D eigenvalue weighted by atomic mass is 10.3. The normalized spacial score (nSPS) is 11.7. The minimum Gasteiger partial charge on any atom is -0.397 e. The van der Waals surface area contributed by atoms with Gasteiger partial charge in [0.25, 0.3) is 0 Å². The molecule has 0 saturated carbocycles. The molecule has 0 heterocycles. The third-order valence-electron chi connectivity index (χ3n) is 1.73. The van der Waals surface area contributed by atoms with Gasteiger partial charge in [-0.3, -0.25) is 4.72 Å². The Kier molecular flexibility index (Phi) is 3.43. The van der Waals surface area contributed by atoms with Crippen LogP contribution < -0.4 is 10.5 Å². The zero-order valence-electron chi connectivity index (χ0n) is 8.36. The number of nitrogen functional groups attached to an aromatic ring is 1. The molecule has 0 atom stereocenters. The Labute approximate surface area is 94.0 Å². The number of nitrogens with one attached hydrogen (secondary N) is 1. The van der Waals surface area contributed by atoms with Gasteiger partial charge in [0.2, 0.25) is 0 Å². The fraction of sp³-hybridized carbons (Fsp3) is 0.250. The van der Waals surface area contributed by atoms with Crippen molar-refractivity contribution in [2.24, 2.45) is 0 Å². The second-order valence-electron chi connectivity index (χ2n) is 3.12. The van der Waals surface area contributed by atoms with Gasteiger partial charge in [0.05, 0.1) is 11.4 Å². The van der Waals surface area contributed by atoms with E-state index in [2.05, 4.69) is 4.72 Å². The Morgan fingerprint density at radius 1 is 1.40 bits per heavy atom.